The van der Waals surface area contributed by atoms with Crippen LogP contribution in [-0.2, 0) is 10.3 Å². The summed E-state index contributed by atoms with van der Waals surface area (Å²) in [5.74, 6) is 4.91. The molecule has 1 aromatic rings. The first-order chi connectivity index (χ1) is 6.69. The Morgan fingerprint density at radius 2 is 2.36 bits per heavy atom. The normalized spacial score (nSPS) is 30.3. The smallest absolute Gasteiger partial charge is 0.124 e. The lowest BCUT2D eigenvalue weighted by Crippen LogP contribution is -2.34. The molecule has 2 unspecified atom stereocenters. The minimum atomic E-state index is -0.656. The highest BCUT2D eigenvalue weighted by Crippen LogP contribution is 2.43. The standard InChI is InChI=1S/C9H10BFN2O/c10-8-9(14-8,5-13-12)6-2-1-3-7(11)4-6/h1-4,8,13H,5,12H2. The maximum absolute atomic E-state index is 12.9. The van der Waals surface area contributed by atoms with E-state index >= 15 is 0 Å². The van der Waals surface area contributed by atoms with Crippen molar-refractivity contribution in [2.75, 3.05) is 6.54 Å². The van der Waals surface area contributed by atoms with Crippen molar-refractivity contribution in [2.24, 2.45) is 5.84 Å². The molecule has 0 amide bonds. The molecule has 0 bridgehead atoms. The Morgan fingerprint density at radius 1 is 1.64 bits per heavy atom. The predicted molar refractivity (Wildman–Crippen MR) is 50.9 cm³/mol. The molecule has 3 nitrogen and oxygen atoms in total. The highest BCUT2D eigenvalue weighted by molar-refractivity contribution is 6.13. The molecule has 3 N–H and O–H groups in total. The van der Waals surface area contributed by atoms with Gasteiger partial charge in [-0.3, -0.25) is 11.3 Å². The Hall–Kier alpha value is -0.905. The Morgan fingerprint density at radius 3 is 2.86 bits per heavy atom. The van der Waals surface area contributed by atoms with Crippen LogP contribution in [0, 0.1) is 5.82 Å². The first-order valence-corrected chi connectivity index (χ1v) is 4.32. The molecular formula is C9H10BFN2O. The van der Waals surface area contributed by atoms with Crippen molar-refractivity contribution in [3.8, 4) is 0 Å². The molecule has 0 saturated carbocycles. The van der Waals surface area contributed by atoms with Gasteiger partial charge >= 0.3 is 0 Å². The number of hydrogen-bond donors (Lipinski definition) is 2. The van der Waals surface area contributed by atoms with Gasteiger partial charge in [-0.2, -0.15) is 0 Å². The third-order valence-corrected chi connectivity index (χ3v) is 2.42. The molecule has 2 rings (SSSR count). The van der Waals surface area contributed by atoms with Crippen LogP contribution in [0.1, 0.15) is 5.56 Å². The molecule has 0 aromatic heterocycles. The van der Waals surface area contributed by atoms with Crippen molar-refractivity contribution < 1.29 is 9.13 Å². The van der Waals surface area contributed by atoms with Crippen LogP contribution in [-0.4, -0.2) is 20.4 Å². The Bertz CT molecular complexity index is 349. The summed E-state index contributed by atoms with van der Waals surface area (Å²) in [5, 5.41) is 0. The summed E-state index contributed by atoms with van der Waals surface area (Å²) in [6.07, 6.45) is 0. The Labute approximate surface area is 82.8 Å². The van der Waals surface area contributed by atoms with Crippen LogP contribution in [0.5, 0.6) is 0 Å². The number of hydrogen-bond acceptors (Lipinski definition) is 3. The van der Waals surface area contributed by atoms with E-state index in [-0.39, 0.29) is 5.82 Å². The first-order valence-electron chi connectivity index (χ1n) is 4.32. The van der Waals surface area contributed by atoms with E-state index < -0.39 is 11.6 Å². The molecule has 2 atom stereocenters. The number of benzene rings is 1. The Kier molecular flexibility index (Phi) is 2.30. The highest BCUT2D eigenvalue weighted by atomic mass is 19.1. The van der Waals surface area contributed by atoms with Crippen LogP contribution in [0.25, 0.3) is 0 Å². The van der Waals surface area contributed by atoms with Gasteiger partial charge in [-0.1, -0.05) is 12.1 Å². The van der Waals surface area contributed by atoms with Crippen LogP contribution >= 0.6 is 0 Å². The molecule has 1 heterocycles. The fourth-order valence-electron chi connectivity index (χ4n) is 1.57. The predicted octanol–water partition coefficient (Wildman–Crippen LogP) is 0.00910. The van der Waals surface area contributed by atoms with Gasteiger partial charge in [0.2, 0.25) is 0 Å². The van der Waals surface area contributed by atoms with Gasteiger partial charge in [-0.15, -0.1) is 0 Å². The lowest BCUT2D eigenvalue weighted by molar-refractivity contribution is 0.295. The average Bonchev–Trinajstić information content (AvgIpc) is 2.79. The first kappa shape index (κ1) is 9.64. The molecule has 1 aliphatic rings. The van der Waals surface area contributed by atoms with E-state index in [1.54, 1.807) is 12.1 Å². The van der Waals surface area contributed by atoms with E-state index in [4.69, 9.17) is 18.4 Å². The van der Waals surface area contributed by atoms with Crippen LogP contribution in [0.15, 0.2) is 24.3 Å². The van der Waals surface area contributed by atoms with Gasteiger partial charge in [-0.05, 0) is 17.7 Å². The highest BCUT2D eigenvalue weighted by Gasteiger charge is 2.53. The number of halogens is 1. The molecule has 0 spiro atoms. The molecule has 1 aliphatic heterocycles. The van der Waals surface area contributed by atoms with Crippen molar-refractivity contribution >= 4 is 7.85 Å². The maximum Gasteiger partial charge on any atom is 0.124 e. The lowest BCUT2D eigenvalue weighted by atomic mass is 9.86. The second-order valence-corrected chi connectivity index (χ2v) is 3.32. The summed E-state index contributed by atoms with van der Waals surface area (Å²) in [6.45, 7) is 0.373. The SMILES string of the molecule is [B]C1OC1(CNN)c1cccc(F)c1. The van der Waals surface area contributed by atoms with Gasteiger partial charge in [0.05, 0.1) is 6.00 Å². The van der Waals surface area contributed by atoms with Crippen molar-refractivity contribution in [1.29, 1.82) is 0 Å². The summed E-state index contributed by atoms with van der Waals surface area (Å²) in [7, 11) is 5.63. The van der Waals surface area contributed by atoms with E-state index in [1.807, 2.05) is 0 Å². The van der Waals surface area contributed by atoms with Crippen LogP contribution in [0.2, 0.25) is 0 Å². The second kappa shape index (κ2) is 3.35. The zero-order valence-corrected chi connectivity index (χ0v) is 7.53. The van der Waals surface area contributed by atoms with Gasteiger partial charge in [-0.25, -0.2) is 4.39 Å². The van der Waals surface area contributed by atoms with Gasteiger partial charge in [0, 0.05) is 6.54 Å². The van der Waals surface area contributed by atoms with Crippen LogP contribution in [0.4, 0.5) is 4.39 Å². The van der Waals surface area contributed by atoms with Gasteiger partial charge in [0.1, 0.15) is 19.3 Å². The molecule has 1 aromatic carbocycles. The molecule has 1 saturated heterocycles. The van der Waals surface area contributed by atoms with E-state index in [9.17, 15) is 4.39 Å². The lowest BCUT2D eigenvalue weighted by Gasteiger charge is -2.12. The molecule has 0 aliphatic carbocycles. The quantitative estimate of drug-likeness (QED) is 0.307. The van der Waals surface area contributed by atoms with Gasteiger partial charge in [0.25, 0.3) is 0 Å². The van der Waals surface area contributed by atoms with Crippen molar-refractivity contribution in [1.82, 2.24) is 5.43 Å². The molecule has 2 radical (unpaired) electrons. The third-order valence-electron chi connectivity index (χ3n) is 2.42. The fourth-order valence-corrected chi connectivity index (χ4v) is 1.57. The summed E-state index contributed by atoms with van der Waals surface area (Å²) < 4.78 is 18.2. The Balaban J connectivity index is 2.29. The second-order valence-electron chi connectivity index (χ2n) is 3.32. The van der Waals surface area contributed by atoms with Crippen molar-refractivity contribution in [2.45, 2.75) is 11.6 Å². The van der Waals surface area contributed by atoms with E-state index in [1.165, 1.54) is 12.1 Å². The molecule has 1 fully saturated rings. The minimum absolute atomic E-state index is 0.304. The molecule has 5 heteroatoms. The maximum atomic E-state index is 12.9. The fraction of sp³-hybridized carbons (Fsp3) is 0.333. The summed E-state index contributed by atoms with van der Waals surface area (Å²) in [4.78, 5) is 0. The largest absolute Gasteiger partial charge is 0.370 e. The van der Waals surface area contributed by atoms with E-state index in [0.29, 0.717) is 12.1 Å². The molecule has 72 valence electrons. The summed E-state index contributed by atoms with van der Waals surface area (Å²) in [5.41, 5.74) is 2.55. The minimum Gasteiger partial charge on any atom is -0.370 e. The van der Waals surface area contributed by atoms with Crippen LogP contribution < -0.4 is 11.3 Å². The van der Waals surface area contributed by atoms with E-state index in [2.05, 4.69) is 5.43 Å². The number of nitrogens with two attached hydrogens (primary N) is 1. The summed E-state index contributed by atoms with van der Waals surface area (Å²) in [6, 6.07) is 5.76. The zero-order chi connectivity index (χ0) is 10.2. The van der Waals surface area contributed by atoms with Crippen molar-refractivity contribution in [3.05, 3.63) is 35.6 Å². The number of hydrazine groups is 1. The molecular weight excluding hydrogens is 182 g/mol. The number of epoxide rings is 1. The topological polar surface area (TPSA) is 50.6 Å². The number of ether oxygens (including phenoxy) is 1. The van der Waals surface area contributed by atoms with Crippen molar-refractivity contribution in [3.63, 3.8) is 0 Å². The van der Waals surface area contributed by atoms with Gasteiger partial charge in [0.15, 0.2) is 0 Å². The third kappa shape index (κ3) is 1.43. The summed E-state index contributed by atoms with van der Waals surface area (Å²) >= 11 is 0. The van der Waals surface area contributed by atoms with E-state index in [0.717, 1.165) is 0 Å². The number of nitrogens with one attached hydrogen (secondary N) is 1. The molecule has 14 heavy (non-hydrogen) atoms. The number of rotatable bonds is 3. The average molecular weight is 192 g/mol. The van der Waals surface area contributed by atoms with Crippen LogP contribution in [0.3, 0.4) is 0 Å². The monoisotopic (exact) mass is 192 g/mol. The zero-order valence-electron chi connectivity index (χ0n) is 7.53. The van der Waals surface area contributed by atoms with Gasteiger partial charge < -0.3 is 4.74 Å².